The number of rotatable bonds is 28. The van der Waals surface area contributed by atoms with E-state index < -0.39 is 0 Å². The lowest BCUT2D eigenvalue weighted by atomic mass is 10.0. The Morgan fingerprint density at radius 2 is 0.639 bits per heavy atom. The average Bonchev–Trinajstić information content (AvgIpc) is 3.27. The number of nitrogens with zero attached hydrogens (tertiary/aromatic N) is 2. The summed E-state index contributed by atoms with van der Waals surface area (Å²) in [4.78, 5) is 5.39. The van der Waals surface area contributed by atoms with Gasteiger partial charge in [-0.1, -0.05) is 162 Å². The summed E-state index contributed by atoms with van der Waals surface area (Å²) in [6, 6.07) is 0. The zero-order chi connectivity index (χ0) is 25.9. The first-order valence-electron chi connectivity index (χ1n) is 17.0. The standard InChI is InChI=1S/C34H68N2/c1-4-7-10-13-16-17-18-19-20-22-25-28-31-36-33-32-35(30-27-24-15-12-9-6-3)34(36)29-26-23-21-14-11-8-5-2/h32-34H,4-31H2,1-3H3. The van der Waals surface area contributed by atoms with Crippen LogP contribution in [0.15, 0.2) is 12.4 Å². The highest BCUT2D eigenvalue weighted by Gasteiger charge is 2.24. The van der Waals surface area contributed by atoms with Crippen molar-refractivity contribution in [2.45, 2.75) is 194 Å². The molecule has 1 unspecified atom stereocenters. The minimum absolute atomic E-state index is 0.643. The van der Waals surface area contributed by atoms with Crippen molar-refractivity contribution in [1.82, 2.24) is 9.80 Å². The van der Waals surface area contributed by atoms with E-state index in [0.717, 1.165) is 0 Å². The van der Waals surface area contributed by atoms with Crippen molar-refractivity contribution in [3.8, 4) is 0 Å². The van der Waals surface area contributed by atoms with Crippen LogP contribution in [0.4, 0.5) is 0 Å². The smallest absolute Gasteiger partial charge is 0.101 e. The fourth-order valence-electron chi connectivity index (χ4n) is 5.83. The molecule has 0 radical (unpaired) electrons. The summed E-state index contributed by atoms with van der Waals surface area (Å²) < 4.78 is 0. The van der Waals surface area contributed by atoms with Gasteiger partial charge in [-0.2, -0.15) is 0 Å². The molecular formula is C34H68N2. The molecule has 1 atom stereocenters. The third-order valence-electron chi connectivity index (χ3n) is 8.32. The number of hydrogen-bond donors (Lipinski definition) is 0. The highest BCUT2D eigenvalue weighted by Crippen LogP contribution is 2.24. The Hall–Kier alpha value is -0.660. The molecule has 0 amide bonds. The van der Waals surface area contributed by atoms with E-state index in [0.29, 0.717) is 6.17 Å². The van der Waals surface area contributed by atoms with Crippen LogP contribution in [0.5, 0.6) is 0 Å². The molecule has 0 aromatic carbocycles. The van der Waals surface area contributed by atoms with Gasteiger partial charge in [-0.25, -0.2) is 0 Å². The van der Waals surface area contributed by atoms with Crippen LogP contribution in [-0.2, 0) is 0 Å². The summed E-state index contributed by atoms with van der Waals surface area (Å²) in [5.74, 6) is 0. The number of unbranched alkanes of at least 4 members (excludes halogenated alkanes) is 22. The maximum Gasteiger partial charge on any atom is 0.101 e. The topological polar surface area (TPSA) is 6.48 Å². The van der Waals surface area contributed by atoms with Crippen LogP contribution in [0.3, 0.4) is 0 Å². The molecule has 0 bridgehead atoms. The van der Waals surface area contributed by atoms with Gasteiger partial charge in [-0.05, 0) is 25.7 Å². The van der Waals surface area contributed by atoms with Gasteiger partial charge in [0.1, 0.15) is 6.17 Å². The average molecular weight is 505 g/mol. The molecule has 0 aromatic heterocycles. The van der Waals surface area contributed by atoms with E-state index in [1.54, 1.807) is 0 Å². The third-order valence-corrected chi connectivity index (χ3v) is 8.32. The van der Waals surface area contributed by atoms with Gasteiger partial charge in [-0.3, -0.25) is 0 Å². The first-order chi connectivity index (χ1) is 17.8. The second-order valence-electron chi connectivity index (χ2n) is 11.8. The molecule has 0 spiro atoms. The summed E-state index contributed by atoms with van der Waals surface area (Å²) in [7, 11) is 0. The molecule has 0 fully saturated rings. The van der Waals surface area contributed by atoms with E-state index in [1.165, 1.54) is 180 Å². The van der Waals surface area contributed by atoms with Crippen LogP contribution < -0.4 is 0 Å². The van der Waals surface area contributed by atoms with Crippen molar-refractivity contribution >= 4 is 0 Å². The minimum Gasteiger partial charge on any atom is -0.356 e. The second-order valence-corrected chi connectivity index (χ2v) is 11.8. The van der Waals surface area contributed by atoms with E-state index in [1.807, 2.05) is 0 Å². The number of hydrogen-bond acceptors (Lipinski definition) is 2. The SMILES string of the molecule is CCCCCCCCCCCCCCN1C=CN(CCCCCCCC)C1CCCCCCCCC. The van der Waals surface area contributed by atoms with Gasteiger partial charge in [0, 0.05) is 25.5 Å². The van der Waals surface area contributed by atoms with Crippen molar-refractivity contribution in [2.24, 2.45) is 0 Å². The quantitative estimate of drug-likeness (QED) is 0.0977. The van der Waals surface area contributed by atoms with E-state index in [4.69, 9.17) is 0 Å². The molecule has 0 aromatic rings. The molecule has 2 heteroatoms. The largest absolute Gasteiger partial charge is 0.356 e. The fourth-order valence-corrected chi connectivity index (χ4v) is 5.83. The Labute approximate surface area is 229 Å². The molecular weight excluding hydrogens is 436 g/mol. The molecule has 1 heterocycles. The zero-order valence-corrected chi connectivity index (χ0v) is 25.4. The summed E-state index contributed by atoms with van der Waals surface area (Å²) in [6.45, 7) is 9.47. The maximum absolute atomic E-state index is 2.70. The first kappa shape index (κ1) is 33.4. The van der Waals surface area contributed by atoms with Crippen molar-refractivity contribution in [2.75, 3.05) is 13.1 Å². The van der Waals surface area contributed by atoms with Crippen LogP contribution in [-0.4, -0.2) is 29.1 Å². The van der Waals surface area contributed by atoms with Crippen LogP contribution in [0.1, 0.15) is 188 Å². The molecule has 2 nitrogen and oxygen atoms in total. The van der Waals surface area contributed by atoms with Gasteiger partial charge in [0.25, 0.3) is 0 Å². The molecule has 0 saturated carbocycles. The summed E-state index contributed by atoms with van der Waals surface area (Å²) in [5.41, 5.74) is 0. The van der Waals surface area contributed by atoms with Crippen molar-refractivity contribution in [3.63, 3.8) is 0 Å². The Balaban J connectivity index is 2.20. The van der Waals surface area contributed by atoms with E-state index in [-0.39, 0.29) is 0 Å². The van der Waals surface area contributed by atoms with Crippen molar-refractivity contribution < 1.29 is 0 Å². The van der Waals surface area contributed by atoms with Gasteiger partial charge in [0.2, 0.25) is 0 Å². The molecule has 0 saturated heterocycles. The van der Waals surface area contributed by atoms with Gasteiger partial charge >= 0.3 is 0 Å². The highest BCUT2D eigenvalue weighted by atomic mass is 15.4. The summed E-state index contributed by atoms with van der Waals surface area (Å²) >= 11 is 0. The van der Waals surface area contributed by atoms with E-state index in [9.17, 15) is 0 Å². The van der Waals surface area contributed by atoms with E-state index in [2.05, 4.69) is 43.0 Å². The summed E-state index contributed by atoms with van der Waals surface area (Å²) in [6.07, 6.45) is 42.5. The molecule has 0 aliphatic carbocycles. The highest BCUT2D eigenvalue weighted by molar-refractivity contribution is 4.97. The lowest BCUT2D eigenvalue weighted by Gasteiger charge is -2.33. The molecule has 1 aliphatic heterocycles. The second kappa shape index (κ2) is 26.0. The maximum atomic E-state index is 2.70. The van der Waals surface area contributed by atoms with Gasteiger partial charge in [0.05, 0.1) is 0 Å². The third kappa shape index (κ3) is 18.6. The van der Waals surface area contributed by atoms with Gasteiger partial charge in [0.15, 0.2) is 0 Å². The molecule has 1 aliphatic rings. The first-order valence-corrected chi connectivity index (χ1v) is 17.0. The Morgan fingerprint density at radius 1 is 0.361 bits per heavy atom. The molecule has 1 rings (SSSR count). The fraction of sp³-hybridized carbons (Fsp3) is 0.941. The normalized spacial score (nSPS) is 15.5. The van der Waals surface area contributed by atoms with Crippen LogP contribution in [0.25, 0.3) is 0 Å². The van der Waals surface area contributed by atoms with Crippen molar-refractivity contribution in [3.05, 3.63) is 12.4 Å². The van der Waals surface area contributed by atoms with Crippen LogP contribution in [0.2, 0.25) is 0 Å². The minimum atomic E-state index is 0.643. The Kier molecular flexibility index (Phi) is 24.1. The van der Waals surface area contributed by atoms with E-state index >= 15 is 0 Å². The monoisotopic (exact) mass is 505 g/mol. The lowest BCUT2D eigenvalue weighted by Crippen LogP contribution is -2.39. The van der Waals surface area contributed by atoms with Gasteiger partial charge < -0.3 is 9.80 Å². The predicted molar refractivity (Wildman–Crippen MR) is 163 cm³/mol. The molecule has 214 valence electrons. The molecule has 36 heavy (non-hydrogen) atoms. The van der Waals surface area contributed by atoms with Gasteiger partial charge in [-0.15, -0.1) is 0 Å². The predicted octanol–water partition coefficient (Wildman–Crippen LogP) is 11.6. The lowest BCUT2D eigenvalue weighted by molar-refractivity contribution is 0.135. The zero-order valence-electron chi connectivity index (χ0n) is 25.4. The Bertz CT molecular complexity index is 460. The summed E-state index contributed by atoms with van der Waals surface area (Å²) in [5, 5.41) is 0. The molecule has 0 N–H and O–H groups in total. The van der Waals surface area contributed by atoms with Crippen LogP contribution in [0, 0.1) is 0 Å². The Morgan fingerprint density at radius 3 is 0.972 bits per heavy atom. The van der Waals surface area contributed by atoms with Crippen LogP contribution >= 0.6 is 0 Å². The van der Waals surface area contributed by atoms with Crippen molar-refractivity contribution in [1.29, 1.82) is 0 Å².